The molecule has 0 saturated carbocycles. The fourth-order valence-corrected chi connectivity index (χ4v) is 2.91. The number of anilines is 1. The lowest BCUT2D eigenvalue weighted by atomic mass is 10.3. The minimum Gasteiger partial charge on any atom is -0.375 e. The summed E-state index contributed by atoms with van der Waals surface area (Å²) >= 11 is 1.25. The van der Waals surface area contributed by atoms with Crippen molar-refractivity contribution >= 4 is 22.4 Å². The first-order valence-corrected chi connectivity index (χ1v) is 6.49. The molecule has 18 heavy (non-hydrogen) atoms. The van der Waals surface area contributed by atoms with Crippen LogP contribution in [-0.2, 0) is 13.1 Å². The van der Waals surface area contributed by atoms with Crippen molar-refractivity contribution < 1.29 is 4.79 Å². The predicted octanol–water partition coefficient (Wildman–Crippen LogP) is 0.886. The van der Waals surface area contributed by atoms with Crippen LogP contribution in [-0.4, -0.2) is 31.9 Å². The van der Waals surface area contributed by atoms with E-state index in [9.17, 15) is 4.79 Å². The molecule has 7 heteroatoms. The lowest BCUT2D eigenvalue weighted by Gasteiger charge is -2.27. The van der Waals surface area contributed by atoms with Gasteiger partial charge in [-0.2, -0.15) is 0 Å². The summed E-state index contributed by atoms with van der Waals surface area (Å²) in [4.78, 5) is 23.1. The summed E-state index contributed by atoms with van der Waals surface area (Å²) in [6.07, 6.45) is 3.70. The second-order valence-corrected chi connectivity index (χ2v) is 5.26. The van der Waals surface area contributed by atoms with Crippen molar-refractivity contribution in [3.05, 3.63) is 28.8 Å². The summed E-state index contributed by atoms with van der Waals surface area (Å²) in [5, 5.41) is 0.439. The molecule has 0 unspecified atom stereocenters. The van der Waals surface area contributed by atoms with Crippen LogP contribution in [0.3, 0.4) is 0 Å². The number of hydrogen-bond donors (Lipinski definition) is 1. The van der Waals surface area contributed by atoms with Crippen LogP contribution in [0, 0.1) is 6.92 Å². The van der Waals surface area contributed by atoms with E-state index < -0.39 is 0 Å². The van der Waals surface area contributed by atoms with Gasteiger partial charge in [0.2, 0.25) is 0 Å². The number of amides is 1. The highest BCUT2D eigenvalue weighted by Gasteiger charge is 2.25. The van der Waals surface area contributed by atoms with Gasteiger partial charge in [-0.05, 0) is 6.92 Å². The van der Waals surface area contributed by atoms with Gasteiger partial charge in [0.25, 0.3) is 5.91 Å². The van der Waals surface area contributed by atoms with Gasteiger partial charge in [-0.3, -0.25) is 4.79 Å². The minimum atomic E-state index is -0.00375. The summed E-state index contributed by atoms with van der Waals surface area (Å²) in [5.74, 6) is 0.917. The topological polar surface area (TPSA) is 77.0 Å². The van der Waals surface area contributed by atoms with Gasteiger partial charge in [-0.25, -0.2) is 9.97 Å². The smallest absolute Gasteiger partial charge is 0.266 e. The van der Waals surface area contributed by atoms with Gasteiger partial charge in [0.05, 0.1) is 12.2 Å². The summed E-state index contributed by atoms with van der Waals surface area (Å²) in [5.41, 5.74) is 6.33. The van der Waals surface area contributed by atoms with E-state index in [4.69, 9.17) is 5.73 Å². The average Bonchev–Trinajstić information content (AvgIpc) is 2.93. The van der Waals surface area contributed by atoms with E-state index in [1.807, 2.05) is 13.1 Å². The van der Waals surface area contributed by atoms with Gasteiger partial charge >= 0.3 is 0 Å². The molecule has 1 aliphatic rings. The zero-order valence-corrected chi connectivity index (χ0v) is 10.8. The van der Waals surface area contributed by atoms with Crippen molar-refractivity contribution in [3.63, 3.8) is 0 Å². The van der Waals surface area contributed by atoms with Gasteiger partial charge in [-0.1, -0.05) is 11.3 Å². The van der Waals surface area contributed by atoms with E-state index >= 15 is 0 Å². The SMILES string of the molecule is Cc1nc(N)sc1C(=O)N1CCn2ccnc2C1. The van der Waals surface area contributed by atoms with E-state index in [0.29, 0.717) is 28.8 Å². The summed E-state index contributed by atoms with van der Waals surface area (Å²) < 4.78 is 2.07. The number of carbonyl (C=O) groups is 1. The maximum atomic E-state index is 12.4. The molecule has 3 rings (SSSR count). The highest BCUT2D eigenvalue weighted by molar-refractivity contribution is 7.17. The Morgan fingerprint density at radius 3 is 3.06 bits per heavy atom. The first-order valence-electron chi connectivity index (χ1n) is 5.67. The number of nitrogens with two attached hydrogens (primary N) is 1. The van der Waals surface area contributed by atoms with Crippen molar-refractivity contribution in [2.24, 2.45) is 0 Å². The molecule has 0 atom stereocenters. The molecular weight excluding hydrogens is 250 g/mol. The molecule has 0 radical (unpaired) electrons. The number of hydrogen-bond acceptors (Lipinski definition) is 5. The van der Waals surface area contributed by atoms with Gasteiger partial charge in [0.15, 0.2) is 5.13 Å². The number of thiazole rings is 1. The molecule has 6 nitrogen and oxygen atoms in total. The number of aryl methyl sites for hydroxylation is 1. The third kappa shape index (κ3) is 1.76. The van der Waals surface area contributed by atoms with Gasteiger partial charge in [-0.15, -0.1) is 0 Å². The maximum Gasteiger partial charge on any atom is 0.266 e. The van der Waals surface area contributed by atoms with E-state index in [1.165, 1.54) is 11.3 Å². The molecule has 94 valence electrons. The highest BCUT2D eigenvalue weighted by Crippen LogP contribution is 2.23. The molecule has 0 saturated heterocycles. The van der Waals surface area contributed by atoms with Crippen molar-refractivity contribution in [3.8, 4) is 0 Å². The molecule has 0 bridgehead atoms. The molecule has 0 aliphatic carbocycles. The Bertz CT molecular complexity index is 602. The van der Waals surface area contributed by atoms with E-state index in [1.54, 1.807) is 11.1 Å². The second kappa shape index (κ2) is 4.09. The highest BCUT2D eigenvalue weighted by atomic mass is 32.1. The van der Waals surface area contributed by atoms with Gasteiger partial charge in [0, 0.05) is 25.5 Å². The van der Waals surface area contributed by atoms with Crippen LogP contribution < -0.4 is 5.73 Å². The predicted molar refractivity (Wildman–Crippen MR) is 68.2 cm³/mol. The van der Waals surface area contributed by atoms with Crippen molar-refractivity contribution in [1.29, 1.82) is 0 Å². The lowest BCUT2D eigenvalue weighted by molar-refractivity contribution is 0.0711. The number of nitrogen functional groups attached to an aromatic ring is 1. The monoisotopic (exact) mass is 263 g/mol. The molecule has 0 spiro atoms. The normalized spacial score (nSPS) is 14.6. The molecule has 1 amide bonds. The quantitative estimate of drug-likeness (QED) is 0.828. The van der Waals surface area contributed by atoms with Crippen LogP contribution in [0.1, 0.15) is 21.2 Å². The Labute approximate surface area is 108 Å². The van der Waals surface area contributed by atoms with Crippen LogP contribution in [0.15, 0.2) is 12.4 Å². The number of imidazole rings is 1. The zero-order chi connectivity index (χ0) is 12.7. The van der Waals surface area contributed by atoms with Crippen molar-refractivity contribution in [2.75, 3.05) is 12.3 Å². The molecule has 2 N–H and O–H groups in total. The first-order chi connectivity index (χ1) is 8.65. The third-order valence-electron chi connectivity index (χ3n) is 3.04. The number of aromatic nitrogens is 3. The Hall–Kier alpha value is -1.89. The van der Waals surface area contributed by atoms with Gasteiger partial charge < -0.3 is 15.2 Å². The Morgan fingerprint density at radius 1 is 1.50 bits per heavy atom. The molecular formula is C11H13N5OS. The standard InChI is InChI=1S/C11H13N5OS/c1-7-9(18-11(12)14-7)10(17)16-5-4-15-3-2-13-8(15)6-16/h2-3H,4-6H2,1H3,(H2,12,14). The Balaban J connectivity index is 1.85. The minimum absolute atomic E-state index is 0.00375. The molecule has 0 aromatic carbocycles. The average molecular weight is 263 g/mol. The van der Waals surface area contributed by atoms with E-state index in [-0.39, 0.29) is 5.91 Å². The van der Waals surface area contributed by atoms with Crippen LogP contribution in [0.5, 0.6) is 0 Å². The maximum absolute atomic E-state index is 12.4. The Morgan fingerprint density at radius 2 is 2.33 bits per heavy atom. The molecule has 0 fully saturated rings. The number of carbonyl (C=O) groups excluding carboxylic acids is 1. The largest absolute Gasteiger partial charge is 0.375 e. The van der Waals surface area contributed by atoms with Crippen molar-refractivity contribution in [2.45, 2.75) is 20.0 Å². The van der Waals surface area contributed by atoms with E-state index in [0.717, 1.165) is 12.4 Å². The fraction of sp³-hybridized carbons (Fsp3) is 0.364. The summed E-state index contributed by atoms with van der Waals surface area (Å²) in [7, 11) is 0. The van der Waals surface area contributed by atoms with Crippen molar-refractivity contribution in [1.82, 2.24) is 19.4 Å². The number of rotatable bonds is 1. The van der Waals surface area contributed by atoms with Crippen LogP contribution in [0.2, 0.25) is 0 Å². The molecule has 3 heterocycles. The Kier molecular flexibility index (Phi) is 2.55. The second-order valence-electron chi connectivity index (χ2n) is 4.23. The third-order valence-corrected chi connectivity index (χ3v) is 4.01. The molecule has 2 aromatic rings. The summed E-state index contributed by atoms with van der Waals surface area (Å²) in [6, 6.07) is 0. The number of fused-ring (bicyclic) bond motifs is 1. The first kappa shape index (κ1) is 11.2. The summed E-state index contributed by atoms with van der Waals surface area (Å²) in [6.45, 7) is 3.84. The van der Waals surface area contributed by atoms with Crippen LogP contribution in [0.4, 0.5) is 5.13 Å². The van der Waals surface area contributed by atoms with Gasteiger partial charge in [0.1, 0.15) is 10.7 Å². The van der Waals surface area contributed by atoms with Crippen LogP contribution in [0.25, 0.3) is 0 Å². The molecule has 1 aliphatic heterocycles. The fourth-order valence-electron chi connectivity index (χ4n) is 2.11. The van der Waals surface area contributed by atoms with E-state index in [2.05, 4.69) is 14.5 Å². The molecule has 2 aromatic heterocycles. The lowest BCUT2D eigenvalue weighted by Crippen LogP contribution is -2.38. The number of nitrogens with zero attached hydrogens (tertiary/aromatic N) is 4. The van der Waals surface area contributed by atoms with Crippen LogP contribution >= 0.6 is 11.3 Å². The zero-order valence-electron chi connectivity index (χ0n) is 9.96.